The SMILES string of the molecule is O=C(CCc1nc(-c2cccs2)no1)OCC(=O)c1ccc(F)cc1. The topological polar surface area (TPSA) is 82.3 Å². The van der Waals surface area contributed by atoms with E-state index in [0.717, 1.165) is 4.88 Å². The highest BCUT2D eigenvalue weighted by Gasteiger charge is 2.13. The molecule has 0 aliphatic heterocycles. The van der Waals surface area contributed by atoms with Gasteiger partial charge in [-0.25, -0.2) is 4.39 Å². The Morgan fingerprint density at radius 1 is 1.20 bits per heavy atom. The van der Waals surface area contributed by atoms with E-state index in [1.807, 2.05) is 17.5 Å². The fraction of sp³-hybridized carbons (Fsp3) is 0.176. The average Bonchev–Trinajstić information content (AvgIpc) is 3.29. The molecule has 3 aromatic rings. The second kappa shape index (κ2) is 7.80. The van der Waals surface area contributed by atoms with Crippen LogP contribution in [0.4, 0.5) is 4.39 Å². The molecule has 0 fully saturated rings. The van der Waals surface area contributed by atoms with Gasteiger partial charge in [-0.2, -0.15) is 4.98 Å². The summed E-state index contributed by atoms with van der Waals surface area (Å²) >= 11 is 1.49. The number of aryl methyl sites for hydroxylation is 1. The van der Waals surface area contributed by atoms with E-state index in [1.54, 1.807) is 0 Å². The predicted octanol–water partition coefficient (Wildman–Crippen LogP) is 3.30. The maximum atomic E-state index is 12.8. The predicted molar refractivity (Wildman–Crippen MR) is 87.6 cm³/mol. The number of Topliss-reactive ketones (excluding diaryl/α,β-unsaturated/α-hetero) is 1. The Morgan fingerprint density at radius 3 is 2.72 bits per heavy atom. The summed E-state index contributed by atoms with van der Waals surface area (Å²) in [7, 11) is 0. The number of thiophene rings is 1. The number of hydrogen-bond donors (Lipinski definition) is 0. The summed E-state index contributed by atoms with van der Waals surface area (Å²) in [6, 6.07) is 8.79. The Labute approximate surface area is 146 Å². The summed E-state index contributed by atoms with van der Waals surface area (Å²) in [5.74, 6) is -0.581. The quantitative estimate of drug-likeness (QED) is 0.475. The summed E-state index contributed by atoms with van der Waals surface area (Å²) < 4.78 is 22.8. The van der Waals surface area contributed by atoms with Gasteiger partial charge in [0, 0.05) is 12.0 Å². The number of nitrogens with zero attached hydrogens (tertiary/aromatic N) is 2. The maximum absolute atomic E-state index is 12.8. The molecule has 0 saturated heterocycles. The molecule has 128 valence electrons. The number of ether oxygens (including phenoxy) is 1. The van der Waals surface area contributed by atoms with Crippen molar-refractivity contribution in [2.45, 2.75) is 12.8 Å². The van der Waals surface area contributed by atoms with Gasteiger partial charge < -0.3 is 9.26 Å². The highest BCUT2D eigenvalue weighted by molar-refractivity contribution is 7.13. The smallest absolute Gasteiger partial charge is 0.306 e. The van der Waals surface area contributed by atoms with Crippen molar-refractivity contribution in [2.75, 3.05) is 6.61 Å². The van der Waals surface area contributed by atoms with Crippen molar-refractivity contribution >= 4 is 23.1 Å². The van der Waals surface area contributed by atoms with Gasteiger partial charge >= 0.3 is 5.97 Å². The molecule has 0 radical (unpaired) electrons. The van der Waals surface area contributed by atoms with Crippen LogP contribution in [-0.2, 0) is 16.0 Å². The number of rotatable bonds is 7. The molecule has 2 heterocycles. The largest absolute Gasteiger partial charge is 0.457 e. The molecule has 2 aromatic heterocycles. The number of hydrogen-bond acceptors (Lipinski definition) is 7. The van der Waals surface area contributed by atoms with E-state index in [0.29, 0.717) is 11.7 Å². The lowest BCUT2D eigenvalue weighted by Gasteiger charge is -2.03. The van der Waals surface area contributed by atoms with Gasteiger partial charge in [-0.15, -0.1) is 11.3 Å². The highest BCUT2D eigenvalue weighted by Crippen LogP contribution is 2.21. The zero-order valence-electron chi connectivity index (χ0n) is 13.0. The number of carbonyl (C=O) groups is 2. The standard InChI is InChI=1S/C17H13FN2O4S/c18-12-5-3-11(4-6-12)13(21)10-23-16(22)8-7-15-19-17(20-24-15)14-2-1-9-25-14/h1-6,9H,7-8,10H2. The Bertz CT molecular complexity index is 859. The molecule has 6 nitrogen and oxygen atoms in total. The van der Waals surface area contributed by atoms with Crippen molar-refractivity contribution in [1.82, 2.24) is 10.1 Å². The molecule has 0 aliphatic carbocycles. The Hall–Kier alpha value is -2.87. The van der Waals surface area contributed by atoms with Gasteiger partial charge in [0.25, 0.3) is 0 Å². The maximum Gasteiger partial charge on any atom is 0.306 e. The molecule has 0 aliphatic rings. The molecule has 8 heteroatoms. The van der Waals surface area contributed by atoms with Gasteiger partial charge in [0.1, 0.15) is 5.82 Å². The molecule has 0 atom stereocenters. The molecule has 0 amide bonds. The lowest BCUT2D eigenvalue weighted by atomic mass is 10.1. The third-order valence-corrected chi connectivity index (χ3v) is 4.15. The summed E-state index contributed by atoms with van der Waals surface area (Å²) in [5.41, 5.74) is 0.284. The summed E-state index contributed by atoms with van der Waals surface area (Å²) in [6.45, 7) is -0.394. The van der Waals surface area contributed by atoms with Gasteiger partial charge in [0.15, 0.2) is 12.4 Å². The van der Waals surface area contributed by atoms with E-state index in [-0.39, 0.29) is 18.4 Å². The normalized spacial score (nSPS) is 10.6. The fourth-order valence-electron chi connectivity index (χ4n) is 2.01. The molecular weight excluding hydrogens is 347 g/mol. The first-order valence-electron chi connectivity index (χ1n) is 7.42. The zero-order chi connectivity index (χ0) is 17.6. The Morgan fingerprint density at radius 2 is 2.00 bits per heavy atom. The third kappa shape index (κ3) is 4.57. The van der Waals surface area contributed by atoms with Crippen molar-refractivity contribution in [3.05, 3.63) is 59.0 Å². The molecule has 1 aromatic carbocycles. The third-order valence-electron chi connectivity index (χ3n) is 3.28. The van der Waals surface area contributed by atoms with Crippen LogP contribution in [0.3, 0.4) is 0 Å². The van der Waals surface area contributed by atoms with E-state index in [9.17, 15) is 14.0 Å². The Balaban J connectivity index is 1.45. The van der Waals surface area contributed by atoms with Gasteiger partial charge in [0.05, 0.1) is 11.3 Å². The van der Waals surface area contributed by atoms with Gasteiger partial charge in [0.2, 0.25) is 11.7 Å². The van der Waals surface area contributed by atoms with Gasteiger partial charge in [-0.3, -0.25) is 9.59 Å². The lowest BCUT2D eigenvalue weighted by Crippen LogP contribution is -2.14. The van der Waals surface area contributed by atoms with E-state index < -0.39 is 24.2 Å². The molecule has 0 bridgehead atoms. The number of halogens is 1. The molecule has 0 saturated carbocycles. The number of esters is 1. The van der Waals surface area contributed by atoms with Crippen molar-refractivity contribution in [3.8, 4) is 10.7 Å². The van der Waals surface area contributed by atoms with Crippen LogP contribution in [0.15, 0.2) is 46.3 Å². The van der Waals surface area contributed by atoms with Crippen LogP contribution in [0.25, 0.3) is 10.7 Å². The molecule has 0 unspecified atom stereocenters. The highest BCUT2D eigenvalue weighted by atomic mass is 32.1. The number of benzene rings is 1. The van der Waals surface area contributed by atoms with E-state index in [4.69, 9.17) is 9.26 Å². The number of carbonyl (C=O) groups excluding carboxylic acids is 2. The summed E-state index contributed by atoms with van der Waals surface area (Å²) in [5, 5.41) is 5.75. The van der Waals surface area contributed by atoms with Crippen molar-refractivity contribution < 1.29 is 23.2 Å². The van der Waals surface area contributed by atoms with E-state index >= 15 is 0 Å². The van der Waals surface area contributed by atoms with Crippen molar-refractivity contribution in [2.24, 2.45) is 0 Å². The van der Waals surface area contributed by atoms with Crippen LogP contribution in [0.5, 0.6) is 0 Å². The van der Waals surface area contributed by atoms with Crippen LogP contribution in [-0.4, -0.2) is 28.5 Å². The first-order chi connectivity index (χ1) is 12.1. The fourth-order valence-corrected chi connectivity index (χ4v) is 2.66. The Kier molecular flexibility index (Phi) is 5.30. The van der Waals surface area contributed by atoms with Gasteiger partial charge in [-0.05, 0) is 35.7 Å². The van der Waals surface area contributed by atoms with Crippen LogP contribution in [0.1, 0.15) is 22.7 Å². The van der Waals surface area contributed by atoms with Crippen molar-refractivity contribution in [1.29, 1.82) is 0 Å². The van der Waals surface area contributed by atoms with Crippen molar-refractivity contribution in [3.63, 3.8) is 0 Å². The molecule has 0 N–H and O–H groups in total. The van der Waals surface area contributed by atoms with Crippen LogP contribution in [0.2, 0.25) is 0 Å². The molecular formula is C17H13FN2O4S. The average molecular weight is 360 g/mol. The van der Waals surface area contributed by atoms with Crippen LogP contribution in [0, 0.1) is 5.82 Å². The minimum atomic E-state index is -0.550. The first kappa shape index (κ1) is 17.0. The van der Waals surface area contributed by atoms with Gasteiger partial charge in [-0.1, -0.05) is 11.2 Å². The summed E-state index contributed by atoms with van der Waals surface area (Å²) in [4.78, 5) is 28.6. The second-order valence-corrected chi connectivity index (χ2v) is 6.03. The number of aromatic nitrogens is 2. The molecule has 3 rings (SSSR count). The molecule has 25 heavy (non-hydrogen) atoms. The van der Waals surface area contributed by atoms with Crippen LogP contribution >= 0.6 is 11.3 Å². The monoisotopic (exact) mass is 360 g/mol. The zero-order valence-corrected chi connectivity index (χ0v) is 13.8. The van der Waals surface area contributed by atoms with E-state index in [2.05, 4.69) is 10.1 Å². The number of ketones is 1. The van der Waals surface area contributed by atoms with E-state index in [1.165, 1.54) is 35.6 Å². The minimum Gasteiger partial charge on any atom is -0.457 e. The lowest BCUT2D eigenvalue weighted by molar-refractivity contribution is -0.142. The molecule has 0 spiro atoms. The minimum absolute atomic E-state index is 0.0166. The summed E-state index contributed by atoms with van der Waals surface area (Å²) in [6.07, 6.45) is 0.241. The van der Waals surface area contributed by atoms with Crippen LogP contribution < -0.4 is 0 Å². The second-order valence-electron chi connectivity index (χ2n) is 5.08. The first-order valence-corrected chi connectivity index (χ1v) is 8.30.